The number of oxazole rings is 1. The van der Waals surface area contributed by atoms with Gasteiger partial charge in [0.05, 0.1) is 11.7 Å². The van der Waals surface area contributed by atoms with Crippen LogP contribution in [0.1, 0.15) is 35.5 Å². The zero-order valence-corrected chi connectivity index (χ0v) is 15.1. The quantitative estimate of drug-likeness (QED) is 0.717. The number of aromatic nitrogens is 3. The lowest BCUT2D eigenvalue weighted by Crippen LogP contribution is -2.43. The minimum Gasteiger partial charge on any atom is -0.438 e. The fraction of sp³-hybridized carbons (Fsp3) is 0.286. The summed E-state index contributed by atoms with van der Waals surface area (Å²) in [6.45, 7) is 0. The molecule has 2 bridgehead atoms. The molecule has 2 aliphatic heterocycles. The van der Waals surface area contributed by atoms with Gasteiger partial charge < -0.3 is 9.32 Å². The molecule has 27 heavy (non-hydrogen) atoms. The maximum atomic E-state index is 13.3. The summed E-state index contributed by atoms with van der Waals surface area (Å²) in [6, 6.07) is 12.0. The number of carbonyl (C=O) groups excluding carboxylic acids is 1. The third kappa shape index (κ3) is 2.60. The highest BCUT2D eigenvalue weighted by molar-refractivity contribution is 5.98. The second kappa shape index (κ2) is 6.23. The summed E-state index contributed by atoms with van der Waals surface area (Å²) in [5.74, 6) is 0.259. The van der Waals surface area contributed by atoms with Crippen molar-refractivity contribution in [3.63, 3.8) is 0 Å². The van der Waals surface area contributed by atoms with Gasteiger partial charge >= 0.3 is 0 Å². The highest BCUT2D eigenvalue weighted by Crippen LogP contribution is 2.40. The maximum Gasteiger partial charge on any atom is 0.292 e. The van der Waals surface area contributed by atoms with Crippen molar-refractivity contribution in [2.45, 2.75) is 31.3 Å². The Hall–Kier alpha value is -3.15. The Labute approximate surface area is 157 Å². The Balaban J connectivity index is 1.47. The molecule has 3 aromatic rings. The van der Waals surface area contributed by atoms with Crippen LogP contribution in [0.3, 0.4) is 0 Å². The summed E-state index contributed by atoms with van der Waals surface area (Å²) in [4.78, 5) is 19.6. The largest absolute Gasteiger partial charge is 0.438 e. The Kier molecular flexibility index (Phi) is 3.70. The van der Waals surface area contributed by atoms with Gasteiger partial charge in [-0.2, -0.15) is 5.10 Å². The maximum absolute atomic E-state index is 13.3. The van der Waals surface area contributed by atoms with E-state index in [9.17, 15) is 4.79 Å². The van der Waals surface area contributed by atoms with Crippen LogP contribution in [0.2, 0.25) is 0 Å². The molecule has 2 aliphatic rings. The molecule has 6 nitrogen and oxygen atoms in total. The van der Waals surface area contributed by atoms with Crippen molar-refractivity contribution >= 4 is 11.5 Å². The molecule has 1 fully saturated rings. The van der Waals surface area contributed by atoms with E-state index in [2.05, 4.69) is 16.2 Å². The first kappa shape index (κ1) is 16.1. The van der Waals surface area contributed by atoms with Crippen LogP contribution >= 0.6 is 0 Å². The van der Waals surface area contributed by atoms with Crippen LogP contribution in [-0.4, -0.2) is 37.7 Å². The van der Waals surface area contributed by atoms with Gasteiger partial charge in [-0.1, -0.05) is 36.4 Å². The zero-order valence-electron chi connectivity index (χ0n) is 15.1. The van der Waals surface area contributed by atoms with E-state index in [1.165, 1.54) is 12.0 Å². The first-order valence-electron chi connectivity index (χ1n) is 9.23. The number of hydrogen-bond donors (Lipinski definition) is 0. The van der Waals surface area contributed by atoms with Crippen molar-refractivity contribution < 1.29 is 9.21 Å². The van der Waals surface area contributed by atoms with Crippen LogP contribution in [0.15, 0.2) is 59.5 Å². The van der Waals surface area contributed by atoms with Gasteiger partial charge in [0.25, 0.3) is 5.91 Å². The minimum absolute atomic E-state index is 0.0702. The highest BCUT2D eigenvalue weighted by atomic mass is 16.3. The summed E-state index contributed by atoms with van der Waals surface area (Å²) in [5.41, 5.74) is 3.91. The van der Waals surface area contributed by atoms with E-state index in [0.29, 0.717) is 11.5 Å². The number of hydrogen-bond acceptors (Lipinski definition) is 4. The summed E-state index contributed by atoms with van der Waals surface area (Å²) < 4.78 is 7.44. The van der Waals surface area contributed by atoms with Gasteiger partial charge in [-0.3, -0.25) is 9.48 Å². The molecule has 4 heterocycles. The molecule has 0 radical (unpaired) electrons. The average Bonchev–Trinajstić information content (AvgIpc) is 3.40. The molecule has 2 unspecified atom stereocenters. The van der Waals surface area contributed by atoms with Crippen molar-refractivity contribution in [2.24, 2.45) is 7.05 Å². The first-order valence-corrected chi connectivity index (χ1v) is 9.23. The summed E-state index contributed by atoms with van der Waals surface area (Å²) in [5, 5.41) is 4.27. The minimum atomic E-state index is -0.0702. The van der Waals surface area contributed by atoms with Crippen molar-refractivity contribution in [2.75, 3.05) is 0 Å². The molecule has 2 atom stereocenters. The summed E-state index contributed by atoms with van der Waals surface area (Å²) in [6.07, 6.45) is 8.22. The predicted molar refractivity (Wildman–Crippen MR) is 101 cm³/mol. The molecule has 0 N–H and O–H groups in total. The predicted octanol–water partition coefficient (Wildman–Crippen LogP) is 3.54. The number of fused-ring (bicyclic) bond motifs is 2. The fourth-order valence-electron chi connectivity index (χ4n) is 4.34. The zero-order chi connectivity index (χ0) is 18.4. The molecule has 5 rings (SSSR count). The van der Waals surface area contributed by atoms with Crippen LogP contribution in [0.4, 0.5) is 0 Å². The first-order chi connectivity index (χ1) is 13.2. The van der Waals surface area contributed by atoms with E-state index < -0.39 is 0 Å². The average molecular weight is 360 g/mol. The molecule has 6 heteroatoms. The molecular weight excluding hydrogens is 340 g/mol. The van der Waals surface area contributed by atoms with Crippen LogP contribution in [0.25, 0.3) is 16.8 Å². The lowest BCUT2D eigenvalue weighted by atomic mass is 9.98. The van der Waals surface area contributed by atoms with Gasteiger partial charge in [0.1, 0.15) is 5.69 Å². The number of aryl methyl sites for hydroxylation is 1. The summed E-state index contributed by atoms with van der Waals surface area (Å²) in [7, 11) is 1.95. The van der Waals surface area contributed by atoms with Gasteiger partial charge in [-0.15, -0.1) is 0 Å². The van der Waals surface area contributed by atoms with Crippen LogP contribution in [0, 0.1) is 0 Å². The number of nitrogens with zero attached hydrogens (tertiary/aromatic N) is 4. The van der Waals surface area contributed by atoms with Crippen molar-refractivity contribution in [1.82, 2.24) is 19.7 Å². The molecule has 1 saturated heterocycles. The Morgan fingerprint density at radius 2 is 2.04 bits per heavy atom. The Morgan fingerprint density at radius 1 is 1.19 bits per heavy atom. The normalized spacial score (nSPS) is 21.4. The van der Waals surface area contributed by atoms with Gasteiger partial charge in [0.2, 0.25) is 5.76 Å². The molecule has 0 saturated carbocycles. The second-order valence-electron chi connectivity index (χ2n) is 7.14. The standard InChI is InChI=1S/C21H20N4O2/c1-24-18(9-10-23-24)15-11-16-7-8-17(12-15)25(16)21(26)20-19(22-13-27-20)14-5-3-2-4-6-14/h2-6,9-11,13,16-17H,7-8,12H2,1H3. The highest BCUT2D eigenvalue weighted by Gasteiger charge is 2.42. The molecular formula is C21H20N4O2. The van der Waals surface area contributed by atoms with Crippen molar-refractivity contribution in [3.05, 3.63) is 66.5 Å². The smallest absolute Gasteiger partial charge is 0.292 e. The fourth-order valence-corrected chi connectivity index (χ4v) is 4.34. The lowest BCUT2D eigenvalue weighted by Gasteiger charge is -2.33. The van der Waals surface area contributed by atoms with E-state index >= 15 is 0 Å². The third-order valence-electron chi connectivity index (χ3n) is 5.59. The SMILES string of the molecule is Cn1nccc1C1=CC2CCC(C1)N2C(=O)c1ocnc1-c1ccccc1. The van der Waals surface area contributed by atoms with Crippen molar-refractivity contribution in [1.29, 1.82) is 0 Å². The van der Waals surface area contributed by atoms with Gasteiger partial charge in [0.15, 0.2) is 6.39 Å². The number of amides is 1. The lowest BCUT2D eigenvalue weighted by molar-refractivity contribution is 0.0660. The molecule has 1 aromatic carbocycles. The Morgan fingerprint density at radius 3 is 2.78 bits per heavy atom. The monoisotopic (exact) mass is 360 g/mol. The molecule has 0 aliphatic carbocycles. The van der Waals surface area contributed by atoms with E-state index in [1.807, 2.05) is 59.2 Å². The summed E-state index contributed by atoms with van der Waals surface area (Å²) >= 11 is 0. The molecule has 2 aromatic heterocycles. The van der Waals surface area contributed by atoms with Crippen LogP contribution in [0.5, 0.6) is 0 Å². The van der Waals surface area contributed by atoms with E-state index in [-0.39, 0.29) is 18.0 Å². The number of carbonyl (C=O) groups is 1. The van der Waals surface area contributed by atoms with Gasteiger partial charge in [-0.05, 0) is 30.9 Å². The van der Waals surface area contributed by atoms with Gasteiger partial charge in [0, 0.05) is 24.8 Å². The second-order valence-corrected chi connectivity index (χ2v) is 7.14. The van der Waals surface area contributed by atoms with E-state index in [1.54, 1.807) is 0 Å². The Bertz CT molecular complexity index is 1020. The van der Waals surface area contributed by atoms with Crippen molar-refractivity contribution in [3.8, 4) is 11.3 Å². The van der Waals surface area contributed by atoms with Gasteiger partial charge in [-0.25, -0.2) is 4.98 Å². The van der Waals surface area contributed by atoms with Crippen LogP contribution < -0.4 is 0 Å². The van der Waals surface area contributed by atoms with Crippen LogP contribution in [-0.2, 0) is 7.05 Å². The topological polar surface area (TPSA) is 64.2 Å². The van der Waals surface area contributed by atoms with E-state index in [4.69, 9.17) is 4.42 Å². The molecule has 136 valence electrons. The van der Waals surface area contributed by atoms with E-state index in [0.717, 1.165) is 30.5 Å². The molecule has 1 amide bonds. The number of benzene rings is 1. The molecule has 0 spiro atoms. The number of rotatable bonds is 3. The third-order valence-corrected chi connectivity index (χ3v) is 5.59.